The van der Waals surface area contributed by atoms with Gasteiger partial charge in [-0.25, -0.2) is 0 Å². The normalized spacial score (nSPS) is 20.0. The maximum Gasteiger partial charge on any atom is 0.308 e. The van der Waals surface area contributed by atoms with Gasteiger partial charge in [0.25, 0.3) is 0 Å². The molecule has 0 amide bonds. The molecule has 2 aromatic carbocycles. The second-order valence-corrected chi connectivity index (χ2v) is 8.27. The highest BCUT2D eigenvalue weighted by atomic mass is 16.6. The van der Waals surface area contributed by atoms with Crippen LogP contribution in [0.1, 0.15) is 56.6 Å². The third kappa shape index (κ3) is 4.40. The van der Waals surface area contributed by atoms with Crippen molar-refractivity contribution in [1.82, 2.24) is 5.32 Å². The van der Waals surface area contributed by atoms with E-state index in [0.717, 1.165) is 22.5 Å². The molecule has 2 unspecified atom stereocenters. The quantitative estimate of drug-likeness (QED) is 0.524. The smallest absolute Gasteiger partial charge is 0.308 e. The molecule has 1 aliphatic heterocycles. The summed E-state index contributed by atoms with van der Waals surface area (Å²) in [5.74, 6) is -0.0995. The fraction of sp³-hybridized carbons (Fsp3) is 0.296. The summed E-state index contributed by atoms with van der Waals surface area (Å²) in [4.78, 5) is 24.9. The van der Waals surface area contributed by atoms with Crippen molar-refractivity contribution in [3.05, 3.63) is 82.2 Å². The van der Waals surface area contributed by atoms with Crippen LogP contribution in [0, 0.1) is 11.3 Å². The number of ether oxygens (including phenoxy) is 2. The Hall–Kier alpha value is -3.85. The summed E-state index contributed by atoms with van der Waals surface area (Å²) in [5, 5.41) is 13.3. The van der Waals surface area contributed by atoms with E-state index in [-0.39, 0.29) is 11.7 Å². The number of nitriles is 1. The second-order valence-electron chi connectivity index (χ2n) is 8.27. The predicted molar refractivity (Wildman–Crippen MR) is 124 cm³/mol. The molecule has 0 aromatic heterocycles. The number of ketones is 1. The van der Waals surface area contributed by atoms with Crippen LogP contribution in [-0.4, -0.2) is 18.4 Å². The van der Waals surface area contributed by atoms with Crippen LogP contribution in [-0.2, 0) is 9.59 Å². The molecule has 0 radical (unpaired) electrons. The van der Waals surface area contributed by atoms with E-state index >= 15 is 0 Å². The molecule has 0 saturated heterocycles. The SMILES string of the molecule is CCOc1cc(C2C(C#N)=C(C)NC3=C2C(=O)CC(c2ccccc2)C3)ccc1OC(C)=O. The van der Waals surface area contributed by atoms with E-state index in [2.05, 4.69) is 23.5 Å². The summed E-state index contributed by atoms with van der Waals surface area (Å²) in [6, 6.07) is 17.6. The number of carbonyl (C=O) groups is 2. The minimum absolute atomic E-state index is 0.0323. The van der Waals surface area contributed by atoms with Gasteiger partial charge in [0.05, 0.1) is 24.2 Å². The number of benzene rings is 2. The van der Waals surface area contributed by atoms with E-state index < -0.39 is 11.9 Å². The van der Waals surface area contributed by atoms with Crippen molar-refractivity contribution in [2.24, 2.45) is 0 Å². The lowest BCUT2D eigenvalue weighted by Gasteiger charge is -2.35. The molecule has 33 heavy (non-hydrogen) atoms. The Balaban J connectivity index is 1.79. The van der Waals surface area contributed by atoms with Gasteiger partial charge in [-0.15, -0.1) is 0 Å². The van der Waals surface area contributed by atoms with Crippen LogP contribution in [0.3, 0.4) is 0 Å². The molecule has 6 heteroatoms. The maximum atomic E-state index is 13.5. The highest BCUT2D eigenvalue weighted by Crippen LogP contribution is 2.46. The number of nitrogens with one attached hydrogen (secondary N) is 1. The van der Waals surface area contributed by atoms with Crippen molar-refractivity contribution < 1.29 is 19.1 Å². The molecule has 0 saturated carbocycles. The van der Waals surface area contributed by atoms with Gasteiger partial charge in [-0.3, -0.25) is 9.59 Å². The Morgan fingerprint density at radius 1 is 1.12 bits per heavy atom. The van der Waals surface area contributed by atoms with Gasteiger partial charge in [0, 0.05) is 30.3 Å². The highest BCUT2D eigenvalue weighted by Gasteiger charge is 2.39. The van der Waals surface area contributed by atoms with Gasteiger partial charge in [-0.05, 0) is 49.4 Å². The Labute approximate surface area is 193 Å². The molecule has 168 valence electrons. The first-order chi connectivity index (χ1) is 15.9. The molecule has 0 spiro atoms. The zero-order chi connectivity index (χ0) is 23.5. The van der Waals surface area contributed by atoms with Crippen molar-refractivity contribution in [3.63, 3.8) is 0 Å². The van der Waals surface area contributed by atoms with E-state index in [1.165, 1.54) is 6.92 Å². The van der Waals surface area contributed by atoms with E-state index in [1.807, 2.05) is 32.0 Å². The van der Waals surface area contributed by atoms with Gasteiger partial charge in [-0.1, -0.05) is 36.4 Å². The molecule has 2 aliphatic rings. The summed E-state index contributed by atoms with van der Waals surface area (Å²) in [5.41, 5.74) is 4.63. The lowest BCUT2D eigenvalue weighted by molar-refractivity contribution is -0.132. The minimum atomic E-state index is -0.499. The van der Waals surface area contributed by atoms with Crippen molar-refractivity contribution in [2.75, 3.05) is 6.61 Å². The zero-order valence-electron chi connectivity index (χ0n) is 19.0. The molecule has 6 nitrogen and oxygen atoms in total. The molecule has 4 rings (SSSR count). The third-order valence-electron chi connectivity index (χ3n) is 6.07. The van der Waals surface area contributed by atoms with Gasteiger partial charge < -0.3 is 14.8 Å². The second kappa shape index (κ2) is 9.33. The average Bonchev–Trinajstić information content (AvgIpc) is 2.79. The number of allylic oxidation sites excluding steroid dienone is 4. The van der Waals surface area contributed by atoms with Crippen LogP contribution >= 0.6 is 0 Å². The molecule has 1 N–H and O–H groups in total. The summed E-state index contributed by atoms with van der Waals surface area (Å²) in [6.07, 6.45) is 1.09. The summed E-state index contributed by atoms with van der Waals surface area (Å²) in [6.45, 7) is 5.42. The number of dihydropyridines is 1. The van der Waals surface area contributed by atoms with Crippen LogP contribution in [0.15, 0.2) is 71.1 Å². The Bertz CT molecular complexity index is 1200. The molecule has 1 heterocycles. The molecule has 2 atom stereocenters. The van der Waals surface area contributed by atoms with Crippen molar-refractivity contribution >= 4 is 11.8 Å². The van der Waals surface area contributed by atoms with Gasteiger partial charge in [0.2, 0.25) is 0 Å². The topological polar surface area (TPSA) is 88.4 Å². The molecule has 0 bridgehead atoms. The number of hydrogen-bond acceptors (Lipinski definition) is 6. The lowest BCUT2D eigenvalue weighted by Crippen LogP contribution is -2.33. The van der Waals surface area contributed by atoms with E-state index in [0.29, 0.717) is 42.1 Å². The third-order valence-corrected chi connectivity index (χ3v) is 6.07. The van der Waals surface area contributed by atoms with Crippen LogP contribution < -0.4 is 14.8 Å². The lowest BCUT2D eigenvalue weighted by atomic mass is 9.72. The van der Waals surface area contributed by atoms with Crippen LogP contribution in [0.25, 0.3) is 0 Å². The van der Waals surface area contributed by atoms with Crippen LogP contribution in [0.2, 0.25) is 0 Å². The Morgan fingerprint density at radius 2 is 1.88 bits per heavy atom. The molecule has 2 aromatic rings. The highest BCUT2D eigenvalue weighted by molar-refractivity contribution is 6.00. The first kappa shape index (κ1) is 22.3. The average molecular weight is 443 g/mol. The van der Waals surface area contributed by atoms with Gasteiger partial charge in [0.15, 0.2) is 17.3 Å². The van der Waals surface area contributed by atoms with E-state index in [4.69, 9.17) is 9.47 Å². The van der Waals surface area contributed by atoms with Gasteiger partial charge >= 0.3 is 5.97 Å². The molecular weight excluding hydrogens is 416 g/mol. The van der Waals surface area contributed by atoms with E-state index in [1.54, 1.807) is 18.2 Å². The standard InChI is InChI=1S/C27H26N2O4/c1-4-32-25-14-19(10-11-24(25)33-17(3)30)26-21(15-28)16(2)29-22-12-20(13-23(31)27(22)26)18-8-6-5-7-9-18/h5-11,14,20,26,29H,4,12-13H2,1-3H3. The fourth-order valence-electron chi connectivity index (χ4n) is 4.69. The van der Waals surface area contributed by atoms with Crippen molar-refractivity contribution in [3.8, 4) is 17.6 Å². The largest absolute Gasteiger partial charge is 0.490 e. The number of esters is 1. The fourth-order valence-corrected chi connectivity index (χ4v) is 4.69. The van der Waals surface area contributed by atoms with Gasteiger partial charge in [0.1, 0.15) is 0 Å². The number of hydrogen-bond donors (Lipinski definition) is 1. The van der Waals surface area contributed by atoms with Crippen molar-refractivity contribution in [2.45, 2.75) is 45.4 Å². The summed E-state index contributed by atoms with van der Waals surface area (Å²) >= 11 is 0. The summed E-state index contributed by atoms with van der Waals surface area (Å²) < 4.78 is 11.0. The number of rotatable bonds is 5. The maximum absolute atomic E-state index is 13.5. The monoisotopic (exact) mass is 442 g/mol. The summed E-state index contributed by atoms with van der Waals surface area (Å²) in [7, 11) is 0. The molecule has 0 fully saturated rings. The van der Waals surface area contributed by atoms with Crippen LogP contribution in [0.5, 0.6) is 11.5 Å². The number of carbonyl (C=O) groups excluding carboxylic acids is 2. The molecule has 1 aliphatic carbocycles. The number of Topliss-reactive ketones (excluding diaryl/α,β-unsaturated/α-hetero) is 1. The van der Waals surface area contributed by atoms with Gasteiger partial charge in [-0.2, -0.15) is 5.26 Å². The minimum Gasteiger partial charge on any atom is -0.490 e. The Morgan fingerprint density at radius 3 is 2.55 bits per heavy atom. The zero-order valence-corrected chi connectivity index (χ0v) is 19.0. The van der Waals surface area contributed by atoms with Crippen LogP contribution in [0.4, 0.5) is 0 Å². The van der Waals surface area contributed by atoms with E-state index in [9.17, 15) is 14.9 Å². The molecular formula is C27H26N2O4. The van der Waals surface area contributed by atoms with Crippen molar-refractivity contribution in [1.29, 1.82) is 5.26 Å². The first-order valence-electron chi connectivity index (χ1n) is 11.1. The number of nitrogens with zero attached hydrogens (tertiary/aromatic N) is 1. The predicted octanol–water partition coefficient (Wildman–Crippen LogP) is 4.90. The Kier molecular flexibility index (Phi) is 6.32. The first-order valence-corrected chi connectivity index (χ1v) is 11.1.